The minimum Gasteiger partial charge on any atom is -0.373 e. The lowest BCUT2D eigenvalue weighted by molar-refractivity contribution is -0.105. The zero-order chi connectivity index (χ0) is 9.30. The quantitative estimate of drug-likeness (QED) is 0.652. The van der Waals surface area contributed by atoms with Crippen LogP contribution in [0.4, 0.5) is 0 Å². The standard InChI is InChI=1S/C10H21NO/c1-5-9-6(2)7(3)10(11)8(4)12-9/h6-10H,5,11H2,1-4H3/t6-,7-,8?,9+,10+/m0/s1. The Labute approximate surface area is 75.5 Å². The normalized spacial score (nSPS) is 49.2. The van der Waals surface area contributed by atoms with Gasteiger partial charge in [-0.05, 0) is 25.2 Å². The molecule has 2 N–H and O–H groups in total. The van der Waals surface area contributed by atoms with E-state index in [1.165, 1.54) is 0 Å². The molecule has 0 aromatic rings. The fraction of sp³-hybridized carbons (Fsp3) is 1.00. The van der Waals surface area contributed by atoms with Crippen LogP contribution in [0.5, 0.6) is 0 Å². The molecule has 1 aliphatic rings. The van der Waals surface area contributed by atoms with Crippen LogP contribution in [0.15, 0.2) is 0 Å². The molecule has 1 rings (SSSR count). The summed E-state index contributed by atoms with van der Waals surface area (Å²) < 4.78 is 5.81. The monoisotopic (exact) mass is 171 g/mol. The Morgan fingerprint density at radius 1 is 1.17 bits per heavy atom. The van der Waals surface area contributed by atoms with E-state index in [0.717, 1.165) is 6.42 Å². The number of rotatable bonds is 1. The maximum absolute atomic E-state index is 6.00. The predicted molar refractivity (Wildman–Crippen MR) is 50.9 cm³/mol. The number of hydrogen-bond donors (Lipinski definition) is 1. The van der Waals surface area contributed by atoms with E-state index >= 15 is 0 Å². The van der Waals surface area contributed by atoms with Crippen molar-refractivity contribution in [1.29, 1.82) is 0 Å². The van der Waals surface area contributed by atoms with Gasteiger partial charge in [-0.25, -0.2) is 0 Å². The Hall–Kier alpha value is -0.0800. The minimum absolute atomic E-state index is 0.211. The van der Waals surface area contributed by atoms with Crippen LogP contribution in [0.25, 0.3) is 0 Å². The summed E-state index contributed by atoms with van der Waals surface area (Å²) in [7, 11) is 0. The molecule has 2 heteroatoms. The molecule has 2 nitrogen and oxygen atoms in total. The molecule has 0 saturated carbocycles. The fourth-order valence-electron chi connectivity index (χ4n) is 2.07. The highest BCUT2D eigenvalue weighted by Gasteiger charge is 2.36. The molecule has 0 aromatic carbocycles. The maximum atomic E-state index is 6.00. The largest absolute Gasteiger partial charge is 0.373 e. The van der Waals surface area contributed by atoms with Crippen LogP contribution in [-0.2, 0) is 4.74 Å². The fourth-order valence-corrected chi connectivity index (χ4v) is 2.07. The van der Waals surface area contributed by atoms with Crippen molar-refractivity contribution >= 4 is 0 Å². The lowest BCUT2D eigenvalue weighted by atomic mass is 9.80. The van der Waals surface area contributed by atoms with Crippen molar-refractivity contribution in [2.75, 3.05) is 0 Å². The van der Waals surface area contributed by atoms with Crippen molar-refractivity contribution in [3.63, 3.8) is 0 Å². The predicted octanol–water partition coefficient (Wildman–Crippen LogP) is 1.78. The summed E-state index contributed by atoms with van der Waals surface area (Å²) in [5.41, 5.74) is 6.00. The molecule has 0 aromatic heterocycles. The second-order valence-electron chi connectivity index (χ2n) is 4.08. The zero-order valence-electron chi connectivity index (χ0n) is 8.58. The van der Waals surface area contributed by atoms with Crippen LogP contribution in [0.3, 0.4) is 0 Å². The Bertz CT molecular complexity index is 144. The molecule has 1 heterocycles. The molecule has 1 unspecified atom stereocenters. The van der Waals surface area contributed by atoms with Gasteiger partial charge in [0.2, 0.25) is 0 Å². The van der Waals surface area contributed by atoms with E-state index in [0.29, 0.717) is 17.9 Å². The van der Waals surface area contributed by atoms with Gasteiger partial charge in [0.05, 0.1) is 12.2 Å². The number of nitrogens with two attached hydrogens (primary N) is 1. The van der Waals surface area contributed by atoms with Crippen LogP contribution in [0.1, 0.15) is 34.1 Å². The van der Waals surface area contributed by atoms with Gasteiger partial charge in [0.1, 0.15) is 0 Å². The van der Waals surface area contributed by atoms with Gasteiger partial charge in [-0.15, -0.1) is 0 Å². The van der Waals surface area contributed by atoms with Crippen molar-refractivity contribution in [2.45, 2.75) is 52.4 Å². The number of ether oxygens (including phenoxy) is 1. The molecular formula is C10H21NO. The Morgan fingerprint density at radius 3 is 2.25 bits per heavy atom. The van der Waals surface area contributed by atoms with Gasteiger partial charge in [-0.1, -0.05) is 20.8 Å². The summed E-state index contributed by atoms with van der Waals surface area (Å²) >= 11 is 0. The summed E-state index contributed by atoms with van der Waals surface area (Å²) in [4.78, 5) is 0. The molecular weight excluding hydrogens is 150 g/mol. The third-order valence-corrected chi connectivity index (χ3v) is 3.36. The second kappa shape index (κ2) is 3.75. The van der Waals surface area contributed by atoms with Crippen LogP contribution in [-0.4, -0.2) is 18.2 Å². The van der Waals surface area contributed by atoms with Crippen LogP contribution in [0.2, 0.25) is 0 Å². The molecule has 0 amide bonds. The molecule has 0 radical (unpaired) electrons. The third-order valence-electron chi connectivity index (χ3n) is 3.36. The molecule has 0 bridgehead atoms. The smallest absolute Gasteiger partial charge is 0.0704 e. The lowest BCUT2D eigenvalue weighted by Crippen LogP contribution is -2.52. The molecule has 72 valence electrons. The highest BCUT2D eigenvalue weighted by atomic mass is 16.5. The van der Waals surface area contributed by atoms with Crippen molar-refractivity contribution in [3.8, 4) is 0 Å². The molecule has 12 heavy (non-hydrogen) atoms. The van der Waals surface area contributed by atoms with Gasteiger partial charge in [-0.2, -0.15) is 0 Å². The van der Waals surface area contributed by atoms with E-state index in [1.54, 1.807) is 0 Å². The first kappa shape index (κ1) is 10.0. The van der Waals surface area contributed by atoms with Crippen LogP contribution >= 0.6 is 0 Å². The van der Waals surface area contributed by atoms with Gasteiger partial charge < -0.3 is 10.5 Å². The first-order chi connectivity index (χ1) is 5.57. The van der Waals surface area contributed by atoms with Crippen LogP contribution in [0, 0.1) is 11.8 Å². The van der Waals surface area contributed by atoms with Crippen LogP contribution < -0.4 is 5.73 Å². The minimum atomic E-state index is 0.211. The lowest BCUT2D eigenvalue weighted by Gasteiger charge is -2.42. The Morgan fingerprint density at radius 2 is 1.75 bits per heavy atom. The molecule has 1 fully saturated rings. The van der Waals surface area contributed by atoms with Gasteiger partial charge in [-0.3, -0.25) is 0 Å². The molecule has 0 aliphatic carbocycles. The van der Waals surface area contributed by atoms with E-state index in [1.807, 2.05) is 0 Å². The van der Waals surface area contributed by atoms with E-state index in [-0.39, 0.29) is 12.1 Å². The summed E-state index contributed by atoms with van der Waals surface area (Å²) in [5, 5.41) is 0. The highest BCUT2D eigenvalue weighted by Crippen LogP contribution is 2.30. The van der Waals surface area contributed by atoms with E-state index in [9.17, 15) is 0 Å². The second-order valence-corrected chi connectivity index (χ2v) is 4.08. The van der Waals surface area contributed by atoms with Crippen molar-refractivity contribution in [2.24, 2.45) is 17.6 Å². The maximum Gasteiger partial charge on any atom is 0.0704 e. The van der Waals surface area contributed by atoms with Gasteiger partial charge in [0, 0.05) is 6.04 Å². The van der Waals surface area contributed by atoms with E-state index < -0.39 is 0 Å². The topological polar surface area (TPSA) is 35.2 Å². The average molecular weight is 171 g/mol. The zero-order valence-corrected chi connectivity index (χ0v) is 8.58. The van der Waals surface area contributed by atoms with E-state index in [2.05, 4.69) is 27.7 Å². The molecule has 5 atom stereocenters. The van der Waals surface area contributed by atoms with Gasteiger partial charge >= 0.3 is 0 Å². The first-order valence-corrected chi connectivity index (χ1v) is 4.99. The van der Waals surface area contributed by atoms with Crippen molar-refractivity contribution in [3.05, 3.63) is 0 Å². The average Bonchev–Trinajstić information content (AvgIpc) is 2.08. The van der Waals surface area contributed by atoms with E-state index in [4.69, 9.17) is 10.5 Å². The van der Waals surface area contributed by atoms with Crippen molar-refractivity contribution in [1.82, 2.24) is 0 Å². The highest BCUT2D eigenvalue weighted by molar-refractivity contribution is 4.87. The van der Waals surface area contributed by atoms with Crippen molar-refractivity contribution < 1.29 is 4.74 Å². The summed E-state index contributed by atoms with van der Waals surface area (Å²) in [6, 6.07) is 0.211. The Balaban J connectivity index is 2.63. The van der Waals surface area contributed by atoms with Gasteiger partial charge in [0.15, 0.2) is 0 Å². The van der Waals surface area contributed by atoms with Gasteiger partial charge in [0.25, 0.3) is 0 Å². The molecule has 1 aliphatic heterocycles. The third kappa shape index (κ3) is 1.64. The molecule has 1 saturated heterocycles. The summed E-state index contributed by atoms with van der Waals surface area (Å²) in [6.45, 7) is 8.73. The molecule has 0 spiro atoms. The summed E-state index contributed by atoms with van der Waals surface area (Å²) in [5.74, 6) is 1.18. The Kier molecular flexibility index (Phi) is 3.13. The number of hydrogen-bond acceptors (Lipinski definition) is 2. The summed E-state index contributed by atoms with van der Waals surface area (Å²) in [6.07, 6.45) is 1.73. The first-order valence-electron chi connectivity index (χ1n) is 4.99. The SMILES string of the molecule is CC[C@H]1OC(C)[C@H](N)[C@@H](C)[C@@H]1C.